The first kappa shape index (κ1) is 25.4. The van der Waals surface area contributed by atoms with Crippen LogP contribution < -0.4 is 14.9 Å². The number of furan rings is 1. The van der Waals surface area contributed by atoms with Crippen LogP contribution in [0.3, 0.4) is 0 Å². The van der Waals surface area contributed by atoms with Crippen molar-refractivity contribution in [2.75, 3.05) is 15.9 Å². The predicted octanol–water partition coefficient (Wildman–Crippen LogP) is 5.11. The van der Waals surface area contributed by atoms with Crippen molar-refractivity contribution in [3.8, 4) is 11.3 Å². The maximum atomic E-state index is 11.8. The second-order valence-corrected chi connectivity index (χ2v) is 11.0. The van der Waals surface area contributed by atoms with Crippen LogP contribution in [-0.2, 0) is 10.0 Å². The second kappa shape index (κ2) is 9.88. The van der Waals surface area contributed by atoms with E-state index in [1.54, 1.807) is 36.5 Å². The van der Waals surface area contributed by atoms with Crippen LogP contribution in [0.2, 0.25) is 0 Å². The Labute approximate surface area is 224 Å². The number of nitrogens with zero attached hydrogens (tertiary/aromatic N) is 3. The molecular formula is C26H23N5O5S2. The highest BCUT2D eigenvalue weighted by molar-refractivity contribution is 7.92. The quantitative estimate of drug-likeness (QED) is 0.183. The summed E-state index contributed by atoms with van der Waals surface area (Å²) in [4.78, 5) is 17.2. The first-order chi connectivity index (χ1) is 18.1. The summed E-state index contributed by atoms with van der Waals surface area (Å²) in [5.41, 5.74) is 3.21. The van der Waals surface area contributed by atoms with Gasteiger partial charge in [0.1, 0.15) is 17.6 Å². The van der Waals surface area contributed by atoms with Gasteiger partial charge in [-0.25, -0.2) is 8.42 Å². The summed E-state index contributed by atoms with van der Waals surface area (Å²) in [6.07, 6.45) is 2.80. The maximum absolute atomic E-state index is 11.8. The van der Waals surface area contributed by atoms with Crippen molar-refractivity contribution in [3.05, 3.63) is 106 Å². The van der Waals surface area contributed by atoms with E-state index in [-0.39, 0.29) is 11.7 Å². The van der Waals surface area contributed by atoms with Gasteiger partial charge in [0.05, 0.1) is 28.6 Å². The van der Waals surface area contributed by atoms with Gasteiger partial charge in [-0.3, -0.25) is 19.8 Å². The Morgan fingerprint density at radius 3 is 2.61 bits per heavy atom. The molecule has 1 saturated heterocycles. The zero-order chi connectivity index (χ0) is 27.0. The Kier molecular flexibility index (Phi) is 6.59. The van der Waals surface area contributed by atoms with Crippen molar-refractivity contribution in [1.82, 2.24) is 10.3 Å². The summed E-state index contributed by atoms with van der Waals surface area (Å²) >= 11 is 5.75. The van der Waals surface area contributed by atoms with E-state index in [4.69, 9.17) is 16.6 Å². The number of anilines is 2. The first-order valence-electron chi connectivity index (χ1n) is 11.5. The summed E-state index contributed by atoms with van der Waals surface area (Å²) < 4.78 is 32.3. The third kappa shape index (κ3) is 5.08. The predicted molar refractivity (Wildman–Crippen MR) is 148 cm³/mol. The van der Waals surface area contributed by atoms with Gasteiger partial charge in [-0.15, -0.1) is 0 Å². The highest BCUT2D eigenvalue weighted by Crippen LogP contribution is 2.43. The van der Waals surface area contributed by atoms with Gasteiger partial charge in [0, 0.05) is 29.6 Å². The highest BCUT2D eigenvalue weighted by atomic mass is 32.2. The Morgan fingerprint density at radius 1 is 1.11 bits per heavy atom. The van der Waals surface area contributed by atoms with E-state index in [1.165, 1.54) is 12.1 Å². The normalized spacial score (nSPS) is 17.3. The van der Waals surface area contributed by atoms with Gasteiger partial charge in [0.2, 0.25) is 10.0 Å². The highest BCUT2D eigenvalue weighted by Gasteiger charge is 2.42. The monoisotopic (exact) mass is 549 g/mol. The van der Waals surface area contributed by atoms with E-state index >= 15 is 0 Å². The lowest BCUT2D eigenvalue weighted by molar-refractivity contribution is -0.384. The Bertz CT molecular complexity index is 1640. The number of thiocarbonyl (C=S) groups is 1. The van der Waals surface area contributed by atoms with Crippen molar-refractivity contribution < 1.29 is 17.8 Å². The molecule has 12 heteroatoms. The van der Waals surface area contributed by atoms with Gasteiger partial charge in [-0.1, -0.05) is 18.2 Å². The van der Waals surface area contributed by atoms with E-state index in [2.05, 4.69) is 15.0 Å². The molecule has 10 nitrogen and oxygen atoms in total. The lowest BCUT2D eigenvalue weighted by Gasteiger charge is -2.26. The molecule has 0 unspecified atom stereocenters. The van der Waals surface area contributed by atoms with E-state index in [1.807, 2.05) is 42.2 Å². The molecule has 38 heavy (non-hydrogen) atoms. The number of hydrogen-bond acceptors (Lipinski definition) is 7. The summed E-state index contributed by atoms with van der Waals surface area (Å²) in [6, 6.07) is 20.0. The molecule has 0 saturated carbocycles. The Morgan fingerprint density at radius 2 is 1.92 bits per heavy atom. The number of benzene rings is 2. The van der Waals surface area contributed by atoms with Gasteiger partial charge < -0.3 is 14.6 Å². The number of aryl methyl sites for hydroxylation is 1. The van der Waals surface area contributed by atoms with Gasteiger partial charge in [0.25, 0.3) is 5.69 Å². The van der Waals surface area contributed by atoms with Gasteiger partial charge in [0.15, 0.2) is 5.11 Å². The van der Waals surface area contributed by atoms with Crippen molar-refractivity contribution in [3.63, 3.8) is 0 Å². The minimum atomic E-state index is -3.44. The lowest BCUT2D eigenvalue weighted by Crippen LogP contribution is -2.29. The van der Waals surface area contributed by atoms with Crippen molar-refractivity contribution in [2.45, 2.75) is 19.0 Å². The molecule has 0 bridgehead atoms. The smallest absolute Gasteiger partial charge is 0.270 e. The van der Waals surface area contributed by atoms with Crippen LogP contribution in [0.1, 0.15) is 29.1 Å². The zero-order valence-electron chi connectivity index (χ0n) is 20.4. The summed E-state index contributed by atoms with van der Waals surface area (Å²) in [5.74, 6) is 1.05. The molecule has 0 aliphatic carbocycles. The molecule has 1 aliphatic heterocycles. The topological polar surface area (TPSA) is 131 Å². The molecule has 0 amide bonds. The van der Waals surface area contributed by atoms with Crippen molar-refractivity contribution in [2.24, 2.45) is 0 Å². The van der Waals surface area contributed by atoms with E-state index < -0.39 is 21.0 Å². The molecule has 0 spiro atoms. The second-order valence-electron chi connectivity index (χ2n) is 8.88. The number of nitro benzene ring substituents is 1. The average molecular weight is 550 g/mol. The fourth-order valence-electron chi connectivity index (χ4n) is 4.47. The maximum Gasteiger partial charge on any atom is 0.270 e. The fraction of sp³-hybridized carbons (Fsp3) is 0.154. The van der Waals surface area contributed by atoms with Gasteiger partial charge in [-0.05, 0) is 67.2 Å². The van der Waals surface area contributed by atoms with Crippen molar-refractivity contribution >= 4 is 44.4 Å². The molecule has 0 radical (unpaired) electrons. The summed E-state index contributed by atoms with van der Waals surface area (Å²) in [6.45, 7) is 1.81. The van der Waals surface area contributed by atoms with Crippen LogP contribution in [-0.4, -0.2) is 29.7 Å². The van der Waals surface area contributed by atoms with Crippen LogP contribution in [0.15, 0.2) is 83.4 Å². The number of nitrogens with one attached hydrogen (secondary N) is 2. The molecule has 4 aromatic rings. The molecule has 1 aliphatic rings. The van der Waals surface area contributed by atoms with Gasteiger partial charge in [-0.2, -0.15) is 0 Å². The molecule has 2 N–H and O–H groups in total. The number of aromatic nitrogens is 1. The van der Waals surface area contributed by atoms with Crippen LogP contribution in [0.5, 0.6) is 0 Å². The molecule has 2 atom stereocenters. The van der Waals surface area contributed by atoms with E-state index in [0.29, 0.717) is 33.4 Å². The SMILES string of the molecule is Cc1cc(N2C(=S)N[C@@H](c3ccccn3)[C@H]2c2ccc(-c3cccc([N+](=O)[O-])c3)o2)ccc1NS(C)(=O)=O. The van der Waals surface area contributed by atoms with Crippen LogP contribution in [0, 0.1) is 17.0 Å². The molecule has 5 rings (SSSR count). The van der Waals surface area contributed by atoms with E-state index in [9.17, 15) is 18.5 Å². The molecule has 3 heterocycles. The van der Waals surface area contributed by atoms with Crippen molar-refractivity contribution in [1.29, 1.82) is 0 Å². The van der Waals surface area contributed by atoms with Crippen LogP contribution in [0.4, 0.5) is 17.1 Å². The third-order valence-corrected chi connectivity index (χ3v) is 7.05. The molecule has 2 aromatic heterocycles. The Hall–Kier alpha value is -4.29. The average Bonchev–Trinajstić information content (AvgIpc) is 3.50. The molecular weight excluding hydrogens is 526 g/mol. The largest absolute Gasteiger partial charge is 0.459 e. The molecule has 194 valence electrons. The molecule has 1 fully saturated rings. The number of nitro groups is 1. The number of rotatable bonds is 7. The zero-order valence-corrected chi connectivity index (χ0v) is 22.0. The minimum absolute atomic E-state index is 0.0320. The number of non-ortho nitro benzene ring substituents is 1. The number of pyridine rings is 1. The van der Waals surface area contributed by atoms with Crippen LogP contribution >= 0.6 is 12.2 Å². The first-order valence-corrected chi connectivity index (χ1v) is 13.8. The van der Waals surface area contributed by atoms with Crippen LogP contribution in [0.25, 0.3) is 11.3 Å². The Balaban J connectivity index is 1.58. The summed E-state index contributed by atoms with van der Waals surface area (Å²) in [7, 11) is -3.44. The number of sulfonamides is 1. The minimum Gasteiger partial charge on any atom is -0.459 e. The third-order valence-electron chi connectivity index (χ3n) is 6.14. The van der Waals surface area contributed by atoms with E-state index in [0.717, 1.165) is 17.6 Å². The molecule has 2 aromatic carbocycles. The van der Waals surface area contributed by atoms with Gasteiger partial charge >= 0.3 is 0 Å². The number of hydrogen-bond donors (Lipinski definition) is 2. The lowest BCUT2D eigenvalue weighted by atomic mass is 10.0. The summed E-state index contributed by atoms with van der Waals surface area (Å²) in [5, 5.41) is 15.1. The standard InChI is InChI=1S/C26H23N5O5S2/c1-16-14-18(9-10-20(16)29-38(2,34)35)30-25(24(28-26(30)37)21-8-3-4-13-27-21)23-12-11-22(36-23)17-6-5-7-19(15-17)31(32)33/h3-15,24-25,29H,1-2H3,(H,28,37)/t24-,25+/m0/s1. The fourth-order valence-corrected chi connectivity index (χ4v) is 5.45.